The number of carbonyl (C=O) groups excluding carboxylic acids is 1. The third-order valence-electron chi connectivity index (χ3n) is 5.29. The zero-order valence-electron chi connectivity index (χ0n) is 19.1. The second kappa shape index (κ2) is 11.2. The van der Waals surface area contributed by atoms with E-state index in [-0.39, 0.29) is 16.6 Å². The highest BCUT2D eigenvalue weighted by molar-refractivity contribution is 7.89. The van der Waals surface area contributed by atoms with Crippen molar-refractivity contribution in [1.82, 2.24) is 19.7 Å². The number of aromatic nitrogens is 3. The van der Waals surface area contributed by atoms with Crippen LogP contribution in [0.5, 0.6) is 0 Å². The van der Waals surface area contributed by atoms with Crippen LogP contribution >= 0.6 is 0 Å². The molecular formula is C24H31N5O3S. The maximum Gasteiger partial charge on any atom is 0.293 e. The number of unbranched alkanes of at least 4 members (excludes halogenated alkanes) is 2. The van der Waals surface area contributed by atoms with E-state index in [1.54, 1.807) is 16.8 Å². The Kier molecular flexibility index (Phi) is 8.35. The van der Waals surface area contributed by atoms with Crippen molar-refractivity contribution < 1.29 is 13.2 Å². The van der Waals surface area contributed by atoms with Crippen LogP contribution in [0.1, 0.15) is 61.5 Å². The predicted octanol–water partition coefficient (Wildman–Crippen LogP) is 3.55. The van der Waals surface area contributed by atoms with Gasteiger partial charge in [-0.3, -0.25) is 4.79 Å². The first kappa shape index (κ1) is 24.6. The molecule has 1 heterocycles. The lowest BCUT2D eigenvalue weighted by Gasteiger charge is -2.20. The number of benzene rings is 2. The second-order valence-corrected chi connectivity index (χ2v) is 9.53. The van der Waals surface area contributed by atoms with Crippen molar-refractivity contribution >= 4 is 15.9 Å². The number of carbonyl (C=O) groups is 1. The normalized spacial score (nSPS) is 11.5. The smallest absolute Gasteiger partial charge is 0.293 e. The van der Waals surface area contributed by atoms with Crippen LogP contribution < -0.4 is 5.14 Å². The number of rotatable bonds is 11. The van der Waals surface area contributed by atoms with Crippen LogP contribution in [0, 0.1) is 0 Å². The molecule has 0 spiro atoms. The largest absolute Gasteiger partial charge is 0.336 e. The van der Waals surface area contributed by atoms with Gasteiger partial charge in [0.05, 0.1) is 10.6 Å². The fourth-order valence-electron chi connectivity index (χ4n) is 3.59. The summed E-state index contributed by atoms with van der Waals surface area (Å²) in [5.41, 5.74) is 1.63. The molecule has 0 aliphatic carbocycles. The van der Waals surface area contributed by atoms with Gasteiger partial charge in [-0.15, -0.1) is 5.10 Å². The molecule has 2 N–H and O–H groups in total. The maximum absolute atomic E-state index is 13.3. The molecule has 0 atom stereocenters. The summed E-state index contributed by atoms with van der Waals surface area (Å²) in [6.45, 7) is 5.49. The van der Waals surface area contributed by atoms with Gasteiger partial charge in [-0.05, 0) is 42.7 Å². The van der Waals surface area contributed by atoms with Gasteiger partial charge in [0, 0.05) is 19.5 Å². The molecule has 0 fully saturated rings. The van der Waals surface area contributed by atoms with E-state index >= 15 is 0 Å². The topological polar surface area (TPSA) is 111 Å². The molecule has 3 rings (SSSR count). The molecule has 1 aromatic heterocycles. The van der Waals surface area contributed by atoms with Gasteiger partial charge in [-0.25, -0.2) is 23.2 Å². The number of sulfonamides is 1. The van der Waals surface area contributed by atoms with E-state index in [0.29, 0.717) is 31.0 Å². The minimum absolute atomic E-state index is 0.0114. The third kappa shape index (κ3) is 6.49. The molecule has 0 aliphatic heterocycles. The summed E-state index contributed by atoms with van der Waals surface area (Å²) >= 11 is 0. The van der Waals surface area contributed by atoms with Gasteiger partial charge < -0.3 is 4.90 Å². The minimum atomic E-state index is -3.80. The molecule has 0 aliphatic rings. The van der Waals surface area contributed by atoms with Crippen LogP contribution in [0.15, 0.2) is 59.5 Å². The van der Waals surface area contributed by atoms with Crippen molar-refractivity contribution in [2.24, 2.45) is 5.14 Å². The average molecular weight is 470 g/mol. The van der Waals surface area contributed by atoms with Crippen molar-refractivity contribution in [3.8, 4) is 5.69 Å². The lowest BCUT2D eigenvalue weighted by molar-refractivity contribution is 0.0740. The fourth-order valence-corrected chi connectivity index (χ4v) is 4.11. The van der Waals surface area contributed by atoms with Crippen molar-refractivity contribution in [3.63, 3.8) is 0 Å². The molecule has 176 valence electrons. The van der Waals surface area contributed by atoms with Gasteiger partial charge in [0.2, 0.25) is 15.8 Å². The SMILES string of the molecule is CCCCCN(CCC)C(=O)c1nc(Cc2ccccc2)n(-c2ccc(S(N)(=O)=O)cc2)n1. The van der Waals surface area contributed by atoms with Crippen LogP contribution in [0.2, 0.25) is 0 Å². The van der Waals surface area contributed by atoms with Crippen LogP contribution in [0.3, 0.4) is 0 Å². The molecule has 0 saturated heterocycles. The number of amides is 1. The van der Waals surface area contributed by atoms with E-state index < -0.39 is 10.0 Å². The highest BCUT2D eigenvalue weighted by atomic mass is 32.2. The summed E-state index contributed by atoms with van der Waals surface area (Å²) in [7, 11) is -3.80. The Balaban J connectivity index is 1.97. The molecule has 3 aromatic rings. The Hall–Kier alpha value is -3.04. The highest BCUT2D eigenvalue weighted by Crippen LogP contribution is 2.17. The van der Waals surface area contributed by atoms with Gasteiger partial charge in [0.1, 0.15) is 5.82 Å². The standard InChI is InChI=1S/C24H31N5O3S/c1-3-5-9-17-28(16-4-2)24(30)23-26-22(18-19-10-7-6-8-11-19)29(27-23)20-12-14-21(15-13-20)33(25,31)32/h6-8,10-15H,3-5,9,16-18H2,1-2H3,(H2,25,31,32). The molecule has 0 unspecified atom stereocenters. The Morgan fingerprint density at radius 3 is 2.27 bits per heavy atom. The van der Waals surface area contributed by atoms with Crippen LogP contribution in [-0.4, -0.2) is 47.1 Å². The predicted molar refractivity (Wildman–Crippen MR) is 128 cm³/mol. The Morgan fingerprint density at radius 1 is 0.970 bits per heavy atom. The number of hydrogen-bond acceptors (Lipinski definition) is 5. The Morgan fingerprint density at radius 2 is 1.67 bits per heavy atom. The maximum atomic E-state index is 13.3. The lowest BCUT2D eigenvalue weighted by Crippen LogP contribution is -2.33. The summed E-state index contributed by atoms with van der Waals surface area (Å²) < 4.78 is 24.8. The minimum Gasteiger partial charge on any atom is -0.336 e. The molecular weight excluding hydrogens is 438 g/mol. The first-order chi connectivity index (χ1) is 15.8. The number of nitrogens with zero attached hydrogens (tertiary/aromatic N) is 4. The summed E-state index contributed by atoms with van der Waals surface area (Å²) in [5.74, 6) is 0.543. The van der Waals surface area contributed by atoms with Gasteiger partial charge >= 0.3 is 0 Å². The molecule has 8 nitrogen and oxygen atoms in total. The molecule has 9 heteroatoms. The molecule has 33 heavy (non-hydrogen) atoms. The van der Waals surface area contributed by atoms with Gasteiger partial charge in [0.15, 0.2) is 0 Å². The van der Waals surface area contributed by atoms with Crippen molar-refractivity contribution in [2.75, 3.05) is 13.1 Å². The highest BCUT2D eigenvalue weighted by Gasteiger charge is 2.22. The van der Waals surface area contributed by atoms with Crippen molar-refractivity contribution in [1.29, 1.82) is 0 Å². The zero-order valence-corrected chi connectivity index (χ0v) is 20.0. The Bertz CT molecular complexity index is 1160. The van der Waals surface area contributed by atoms with Gasteiger partial charge in [-0.2, -0.15) is 0 Å². The van der Waals surface area contributed by atoms with E-state index in [2.05, 4.69) is 17.0 Å². The van der Waals surface area contributed by atoms with Crippen LogP contribution in [0.25, 0.3) is 5.69 Å². The third-order valence-corrected chi connectivity index (χ3v) is 6.22. The van der Waals surface area contributed by atoms with Crippen LogP contribution in [0.4, 0.5) is 0 Å². The van der Waals surface area contributed by atoms with E-state index in [1.807, 2.05) is 42.2 Å². The average Bonchev–Trinajstić information content (AvgIpc) is 3.22. The first-order valence-electron chi connectivity index (χ1n) is 11.3. The summed E-state index contributed by atoms with van der Waals surface area (Å²) in [4.78, 5) is 19.7. The van der Waals surface area contributed by atoms with Gasteiger partial charge in [0.25, 0.3) is 5.91 Å². The first-order valence-corrected chi connectivity index (χ1v) is 12.8. The van der Waals surface area contributed by atoms with E-state index in [0.717, 1.165) is 31.2 Å². The van der Waals surface area contributed by atoms with Gasteiger partial charge in [-0.1, -0.05) is 57.0 Å². The fraction of sp³-hybridized carbons (Fsp3) is 0.375. The lowest BCUT2D eigenvalue weighted by atomic mass is 10.1. The van der Waals surface area contributed by atoms with E-state index in [1.165, 1.54) is 12.1 Å². The quantitative estimate of drug-likeness (QED) is 0.432. The molecule has 1 amide bonds. The Labute approximate surface area is 195 Å². The van der Waals surface area contributed by atoms with Crippen LogP contribution in [-0.2, 0) is 16.4 Å². The second-order valence-electron chi connectivity index (χ2n) is 7.96. The van der Waals surface area contributed by atoms with Crippen molar-refractivity contribution in [3.05, 3.63) is 71.8 Å². The number of primary sulfonamides is 1. The molecule has 0 bridgehead atoms. The monoisotopic (exact) mass is 469 g/mol. The summed E-state index contributed by atoms with van der Waals surface area (Å²) in [5, 5.41) is 9.75. The van der Waals surface area contributed by atoms with E-state index in [4.69, 9.17) is 5.14 Å². The summed E-state index contributed by atoms with van der Waals surface area (Å²) in [6, 6.07) is 15.9. The number of hydrogen-bond donors (Lipinski definition) is 1. The molecule has 2 aromatic carbocycles. The van der Waals surface area contributed by atoms with E-state index in [9.17, 15) is 13.2 Å². The van der Waals surface area contributed by atoms with Crippen molar-refractivity contribution in [2.45, 2.75) is 50.8 Å². The zero-order chi connectivity index (χ0) is 23.8. The molecule has 0 saturated carbocycles. The number of nitrogens with two attached hydrogens (primary N) is 1. The molecule has 0 radical (unpaired) electrons. The summed E-state index contributed by atoms with van der Waals surface area (Å²) in [6.07, 6.45) is 4.41.